The van der Waals surface area contributed by atoms with Crippen LogP contribution in [-0.2, 0) is 30.3 Å². The second kappa shape index (κ2) is 8.38. The van der Waals surface area contributed by atoms with E-state index in [1.54, 1.807) is 7.11 Å². The van der Waals surface area contributed by atoms with Gasteiger partial charge in [-0.1, -0.05) is 0 Å². The van der Waals surface area contributed by atoms with Crippen LogP contribution in [0.25, 0.3) is 0 Å². The molecule has 1 aliphatic rings. The molecule has 0 aromatic rings. The Bertz CT molecular complexity index is 399. The van der Waals surface area contributed by atoms with Gasteiger partial charge >= 0.3 is 12.7 Å². The molecule has 5 atom stereocenters. The monoisotopic (exact) mass is 342 g/mol. The van der Waals surface area contributed by atoms with Crippen molar-refractivity contribution in [1.29, 1.82) is 0 Å². The number of urea groups is 1. The third-order valence-corrected chi connectivity index (χ3v) is 5.10. The first-order valence-corrected chi connectivity index (χ1v) is 9.04. The summed E-state index contributed by atoms with van der Waals surface area (Å²) in [5.74, 6) is -0.0771. The molecule has 0 aromatic carbocycles. The lowest BCUT2D eigenvalue weighted by Crippen LogP contribution is -2.47. The summed E-state index contributed by atoms with van der Waals surface area (Å²) in [6, 6.07) is -0.582. The van der Waals surface area contributed by atoms with E-state index in [1.807, 2.05) is 0 Å². The first-order chi connectivity index (χ1) is 9.88. The number of hydrogen-bond donors (Lipinski definition) is 3. The number of amides is 2. The van der Waals surface area contributed by atoms with E-state index < -0.39 is 18.9 Å². The van der Waals surface area contributed by atoms with Crippen molar-refractivity contribution in [1.82, 2.24) is 10.6 Å². The van der Waals surface area contributed by atoms with Crippen LogP contribution < -0.4 is 10.6 Å². The summed E-state index contributed by atoms with van der Waals surface area (Å²) in [4.78, 5) is 21.4. The highest BCUT2D eigenvalue weighted by atomic mass is 32.5. The second-order valence-corrected chi connectivity index (χ2v) is 7.60. The molecule has 1 rings (SSSR count). The molecule has 1 aliphatic carbocycles. The Kier molecular flexibility index (Phi) is 7.49. The summed E-state index contributed by atoms with van der Waals surface area (Å²) in [5.41, 5.74) is 0. The summed E-state index contributed by atoms with van der Waals surface area (Å²) in [6.45, 7) is -2.93. The summed E-state index contributed by atoms with van der Waals surface area (Å²) < 4.78 is 21.0. The highest BCUT2D eigenvalue weighted by molar-refractivity contribution is 8.07. The zero-order chi connectivity index (χ0) is 16.0. The molecule has 1 fully saturated rings. The van der Waals surface area contributed by atoms with Crippen LogP contribution in [0.15, 0.2) is 0 Å². The van der Waals surface area contributed by atoms with Gasteiger partial charge < -0.3 is 34.0 Å². The third-order valence-electron chi connectivity index (χ3n) is 3.42. The molecule has 0 aliphatic heterocycles. The number of hydrogen-bond acceptors (Lipinski definition) is 6. The van der Waals surface area contributed by atoms with E-state index >= 15 is 0 Å². The first-order valence-electron chi connectivity index (χ1n) is 6.45. The van der Waals surface area contributed by atoms with E-state index in [-0.39, 0.29) is 18.0 Å². The predicted octanol–water partition coefficient (Wildman–Crippen LogP) is 0.214. The van der Waals surface area contributed by atoms with Gasteiger partial charge in [-0.15, -0.1) is 0 Å². The van der Waals surface area contributed by atoms with Crippen molar-refractivity contribution in [2.24, 2.45) is 5.92 Å². The number of rotatable bonds is 7. The largest absolute Gasteiger partial charge is 0.384 e. The maximum absolute atomic E-state index is 11.5. The van der Waals surface area contributed by atoms with Crippen LogP contribution >= 0.6 is 6.72 Å². The molecule has 1 saturated carbocycles. The minimum absolute atomic E-state index is 0.0771. The van der Waals surface area contributed by atoms with Crippen LogP contribution in [0.1, 0.15) is 6.42 Å². The van der Waals surface area contributed by atoms with Crippen LogP contribution in [0, 0.1) is 5.92 Å². The number of ether oxygens (including phenoxy) is 2. The van der Waals surface area contributed by atoms with Gasteiger partial charge in [-0.05, 0) is 18.2 Å². The second-order valence-electron chi connectivity index (χ2n) is 4.70. The SMILES string of the molecule is CNC(=O)N[C@H]1C[C@H](COC)C(OP(O)(=S)OC)[C@@H]1OC. The summed E-state index contributed by atoms with van der Waals surface area (Å²) >= 11 is 4.89. The minimum Gasteiger partial charge on any atom is -0.384 e. The highest BCUT2D eigenvalue weighted by Gasteiger charge is 2.47. The van der Waals surface area contributed by atoms with E-state index in [0.29, 0.717) is 13.0 Å². The van der Waals surface area contributed by atoms with Crippen LogP contribution in [0.5, 0.6) is 0 Å². The Morgan fingerprint density at radius 3 is 2.52 bits per heavy atom. The topological polar surface area (TPSA) is 98.3 Å². The Labute approximate surface area is 129 Å². The fourth-order valence-corrected chi connectivity index (χ4v) is 3.48. The smallest absolute Gasteiger partial charge is 0.324 e. The molecule has 0 aromatic heterocycles. The average molecular weight is 342 g/mol. The predicted molar refractivity (Wildman–Crippen MR) is 80.5 cm³/mol. The normalized spacial score (nSPS) is 31.7. The summed E-state index contributed by atoms with van der Waals surface area (Å²) in [6.07, 6.45) is -0.385. The lowest BCUT2D eigenvalue weighted by molar-refractivity contribution is -0.0211. The molecule has 8 nitrogen and oxygen atoms in total. The Morgan fingerprint density at radius 2 is 2.05 bits per heavy atom. The van der Waals surface area contributed by atoms with E-state index in [0.717, 1.165) is 0 Å². The number of nitrogens with one attached hydrogen (secondary N) is 2. The van der Waals surface area contributed by atoms with Crippen molar-refractivity contribution in [3.63, 3.8) is 0 Å². The maximum atomic E-state index is 11.5. The molecule has 124 valence electrons. The van der Waals surface area contributed by atoms with Crippen molar-refractivity contribution in [3.8, 4) is 0 Å². The van der Waals surface area contributed by atoms with Gasteiger partial charge in [-0.3, -0.25) is 0 Å². The van der Waals surface area contributed by atoms with Crippen molar-refractivity contribution in [3.05, 3.63) is 0 Å². The Hall–Kier alpha value is -0.280. The molecule has 0 spiro atoms. The van der Waals surface area contributed by atoms with E-state index in [2.05, 4.69) is 10.6 Å². The molecule has 0 radical (unpaired) electrons. The molecule has 3 N–H and O–H groups in total. The summed E-state index contributed by atoms with van der Waals surface area (Å²) in [7, 11) is 5.92. The molecule has 2 unspecified atom stereocenters. The third kappa shape index (κ3) is 5.14. The minimum atomic E-state index is -3.33. The van der Waals surface area contributed by atoms with Crippen molar-refractivity contribution in [2.75, 3.05) is 35.0 Å². The summed E-state index contributed by atoms with van der Waals surface area (Å²) in [5, 5.41) is 5.29. The average Bonchev–Trinajstić information content (AvgIpc) is 2.75. The van der Waals surface area contributed by atoms with Gasteiger partial charge in [-0.25, -0.2) is 4.79 Å². The molecular weight excluding hydrogens is 319 g/mol. The van der Waals surface area contributed by atoms with Gasteiger partial charge in [0.25, 0.3) is 0 Å². The van der Waals surface area contributed by atoms with Crippen molar-refractivity contribution in [2.45, 2.75) is 24.7 Å². The van der Waals surface area contributed by atoms with E-state index in [4.69, 9.17) is 30.3 Å². The number of carbonyl (C=O) groups excluding carboxylic acids is 1. The van der Waals surface area contributed by atoms with Crippen molar-refractivity contribution < 1.29 is 28.2 Å². The van der Waals surface area contributed by atoms with E-state index in [9.17, 15) is 9.69 Å². The Morgan fingerprint density at radius 1 is 1.38 bits per heavy atom. The number of carbonyl (C=O) groups is 1. The molecule has 0 heterocycles. The van der Waals surface area contributed by atoms with Crippen LogP contribution in [0.3, 0.4) is 0 Å². The van der Waals surface area contributed by atoms with Gasteiger partial charge in [0.2, 0.25) is 0 Å². The van der Waals surface area contributed by atoms with Crippen LogP contribution in [0.2, 0.25) is 0 Å². The molecule has 2 amide bonds. The lowest BCUT2D eigenvalue weighted by atomic mass is 10.1. The van der Waals surface area contributed by atoms with Crippen molar-refractivity contribution >= 4 is 24.6 Å². The number of methoxy groups -OCH3 is 2. The fourth-order valence-electron chi connectivity index (χ4n) is 2.49. The highest BCUT2D eigenvalue weighted by Crippen LogP contribution is 2.48. The fraction of sp³-hybridized carbons (Fsp3) is 0.909. The molecule has 0 saturated heterocycles. The Balaban J connectivity index is 2.88. The van der Waals surface area contributed by atoms with Gasteiger partial charge in [0.1, 0.15) is 12.2 Å². The molecule has 0 bridgehead atoms. The van der Waals surface area contributed by atoms with Gasteiger partial charge in [-0.2, -0.15) is 0 Å². The van der Waals surface area contributed by atoms with Gasteiger partial charge in [0, 0.05) is 34.3 Å². The van der Waals surface area contributed by atoms with Crippen LogP contribution in [0.4, 0.5) is 4.79 Å². The zero-order valence-electron chi connectivity index (χ0n) is 12.6. The van der Waals surface area contributed by atoms with E-state index in [1.165, 1.54) is 21.3 Å². The molecular formula is C11H23N2O6PS. The lowest BCUT2D eigenvalue weighted by Gasteiger charge is -2.28. The molecule has 21 heavy (non-hydrogen) atoms. The molecule has 10 heteroatoms. The standard InChI is InChI=1S/C11H23N2O6PS/c1-12-11(14)13-8-5-7(6-16-2)9(10(8)17-3)19-20(15,21)18-4/h7-10H,5-6H2,1-4H3,(H,15,21)(H2,12,13,14)/t7-,8+,9?,10-,20?/m1/s1. The zero-order valence-corrected chi connectivity index (χ0v) is 14.3. The maximum Gasteiger partial charge on any atom is 0.324 e. The van der Waals surface area contributed by atoms with Gasteiger partial charge in [0.05, 0.1) is 12.6 Å². The van der Waals surface area contributed by atoms with Gasteiger partial charge in [0.15, 0.2) is 0 Å². The first kappa shape index (κ1) is 18.8. The quantitative estimate of drug-likeness (QED) is 0.569. The van der Waals surface area contributed by atoms with Crippen LogP contribution in [-0.4, -0.2) is 64.2 Å².